The maximum atomic E-state index is 12.6. The number of halogens is 2. The highest BCUT2D eigenvalue weighted by Gasteiger charge is 2.28. The average Bonchev–Trinajstić information content (AvgIpc) is 2.53. The van der Waals surface area contributed by atoms with Crippen molar-refractivity contribution in [1.29, 1.82) is 0 Å². The molecule has 0 spiro atoms. The second-order valence-corrected chi connectivity index (χ2v) is 7.57. The monoisotopic (exact) mass is 363 g/mol. The SMILES string of the molecule is CCCN(CC(F)F)C(=O)C(C)CS(=O)(=O)c1ccc(OC)cc1. The van der Waals surface area contributed by atoms with Crippen LogP contribution in [0.1, 0.15) is 20.3 Å². The summed E-state index contributed by atoms with van der Waals surface area (Å²) in [6.45, 7) is 2.71. The molecule has 0 bridgehead atoms. The zero-order valence-electron chi connectivity index (χ0n) is 14.0. The Hall–Kier alpha value is -1.70. The van der Waals surface area contributed by atoms with E-state index in [1.54, 1.807) is 6.92 Å². The van der Waals surface area contributed by atoms with Gasteiger partial charge < -0.3 is 9.64 Å². The van der Waals surface area contributed by atoms with E-state index in [-0.39, 0.29) is 11.4 Å². The molecule has 1 rings (SSSR count). The van der Waals surface area contributed by atoms with Gasteiger partial charge in [-0.2, -0.15) is 0 Å². The van der Waals surface area contributed by atoms with E-state index in [1.807, 2.05) is 0 Å². The molecule has 1 amide bonds. The van der Waals surface area contributed by atoms with E-state index in [0.29, 0.717) is 12.2 Å². The molecule has 5 nitrogen and oxygen atoms in total. The molecule has 0 N–H and O–H groups in total. The molecular formula is C16H23F2NO4S. The van der Waals surface area contributed by atoms with Gasteiger partial charge >= 0.3 is 0 Å². The number of carbonyl (C=O) groups is 1. The first-order valence-corrected chi connectivity index (χ1v) is 9.30. The number of nitrogens with zero attached hydrogens (tertiary/aromatic N) is 1. The maximum Gasteiger partial charge on any atom is 0.255 e. The number of benzene rings is 1. The smallest absolute Gasteiger partial charge is 0.255 e. The van der Waals surface area contributed by atoms with Gasteiger partial charge in [-0.25, -0.2) is 17.2 Å². The number of hydrogen-bond donors (Lipinski definition) is 0. The molecule has 8 heteroatoms. The third kappa shape index (κ3) is 5.74. The molecule has 24 heavy (non-hydrogen) atoms. The van der Waals surface area contributed by atoms with Crippen molar-refractivity contribution >= 4 is 15.7 Å². The first-order valence-electron chi connectivity index (χ1n) is 7.65. The van der Waals surface area contributed by atoms with Gasteiger partial charge in [-0.3, -0.25) is 4.79 Å². The molecule has 136 valence electrons. The normalized spacial score (nSPS) is 12.9. The molecule has 0 saturated carbocycles. The summed E-state index contributed by atoms with van der Waals surface area (Å²) in [5, 5.41) is 0. The van der Waals surface area contributed by atoms with Gasteiger partial charge in [0.25, 0.3) is 6.43 Å². The number of ether oxygens (including phenoxy) is 1. The molecule has 0 aliphatic carbocycles. The molecule has 0 aromatic heterocycles. The van der Waals surface area contributed by atoms with Gasteiger partial charge in [0.05, 0.1) is 24.3 Å². The van der Waals surface area contributed by atoms with Crippen LogP contribution in [0.2, 0.25) is 0 Å². The summed E-state index contributed by atoms with van der Waals surface area (Å²) in [4.78, 5) is 13.4. The first kappa shape index (κ1) is 20.3. The Bertz CT molecular complexity index is 632. The van der Waals surface area contributed by atoms with Gasteiger partial charge in [0.2, 0.25) is 5.91 Å². The Kier molecular flexibility index (Phi) is 7.59. The van der Waals surface area contributed by atoms with Gasteiger partial charge in [-0.15, -0.1) is 0 Å². The van der Waals surface area contributed by atoms with E-state index in [2.05, 4.69) is 0 Å². The largest absolute Gasteiger partial charge is 0.497 e. The summed E-state index contributed by atoms with van der Waals surface area (Å²) in [5.74, 6) is -1.39. The summed E-state index contributed by atoms with van der Waals surface area (Å²) in [5.41, 5.74) is 0. The third-order valence-electron chi connectivity index (χ3n) is 3.47. The summed E-state index contributed by atoms with van der Waals surface area (Å²) < 4.78 is 54.9. The van der Waals surface area contributed by atoms with Crippen LogP contribution in [0.25, 0.3) is 0 Å². The Morgan fingerprint density at radius 2 is 1.83 bits per heavy atom. The fourth-order valence-electron chi connectivity index (χ4n) is 2.32. The molecule has 0 aliphatic rings. The van der Waals surface area contributed by atoms with Crippen LogP contribution in [-0.4, -0.2) is 51.6 Å². The van der Waals surface area contributed by atoms with E-state index in [4.69, 9.17) is 4.74 Å². The van der Waals surface area contributed by atoms with Gasteiger partial charge in [0.1, 0.15) is 5.75 Å². The van der Waals surface area contributed by atoms with Crippen molar-refractivity contribution < 1.29 is 26.7 Å². The van der Waals surface area contributed by atoms with Crippen LogP contribution in [0, 0.1) is 5.92 Å². The van der Waals surface area contributed by atoms with Crippen molar-refractivity contribution in [1.82, 2.24) is 4.90 Å². The highest BCUT2D eigenvalue weighted by molar-refractivity contribution is 7.91. The van der Waals surface area contributed by atoms with E-state index < -0.39 is 40.4 Å². The molecule has 0 heterocycles. The maximum absolute atomic E-state index is 12.6. The summed E-state index contributed by atoms with van der Waals surface area (Å²) in [6, 6.07) is 5.82. The Morgan fingerprint density at radius 1 is 1.25 bits per heavy atom. The summed E-state index contributed by atoms with van der Waals surface area (Å²) >= 11 is 0. The van der Waals surface area contributed by atoms with Crippen molar-refractivity contribution in [3.05, 3.63) is 24.3 Å². The number of amides is 1. The number of alkyl halides is 2. The highest BCUT2D eigenvalue weighted by Crippen LogP contribution is 2.19. The average molecular weight is 363 g/mol. The second-order valence-electron chi connectivity index (χ2n) is 5.53. The lowest BCUT2D eigenvalue weighted by molar-refractivity contribution is -0.136. The molecular weight excluding hydrogens is 340 g/mol. The molecule has 1 aromatic carbocycles. The first-order chi connectivity index (χ1) is 11.2. The number of hydrogen-bond acceptors (Lipinski definition) is 4. The van der Waals surface area contributed by atoms with Gasteiger partial charge in [-0.1, -0.05) is 13.8 Å². The van der Waals surface area contributed by atoms with Crippen LogP contribution in [0.3, 0.4) is 0 Å². The number of carbonyl (C=O) groups excluding carboxylic acids is 1. The van der Waals surface area contributed by atoms with E-state index in [9.17, 15) is 22.0 Å². The number of sulfone groups is 1. The minimum Gasteiger partial charge on any atom is -0.497 e. The number of methoxy groups -OCH3 is 1. The van der Waals surface area contributed by atoms with Crippen molar-refractivity contribution in [2.24, 2.45) is 5.92 Å². The predicted octanol–water partition coefficient (Wildman–Crippen LogP) is 2.61. The Morgan fingerprint density at radius 3 is 2.29 bits per heavy atom. The van der Waals surface area contributed by atoms with Crippen molar-refractivity contribution in [2.75, 3.05) is 26.0 Å². The molecule has 0 aliphatic heterocycles. The van der Waals surface area contributed by atoms with Crippen LogP contribution < -0.4 is 4.74 Å². The second kappa shape index (κ2) is 8.96. The van der Waals surface area contributed by atoms with Crippen LogP contribution >= 0.6 is 0 Å². The zero-order chi connectivity index (χ0) is 18.3. The van der Waals surface area contributed by atoms with Crippen LogP contribution in [-0.2, 0) is 14.6 Å². The number of rotatable bonds is 9. The van der Waals surface area contributed by atoms with Crippen LogP contribution in [0.15, 0.2) is 29.2 Å². The molecule has 1 atom stereocenters. The fraction of sp³-hybridized carbons (Fsp3) is 0.562. The minimum atomic E-state index is -3.70. The summed E-state index contributed by atoms with van der Waals surface area (Å²) in [7, 11) is -2.23. The van der Waals surface area contributed by atoms with Crippen LogP contribution in [0.5, 0.6) is 5.75 Å². The lowest BCUT2D eigenvalue weighted by atomic mass is 10.2. The Labute approximate surface area is 141 Å². The van der Waals surface area contributed by atoms with E-state index in [1.165, 1.54) is 38.3 Å². The van der Waals surface area contributed by atoms with E-state index >= 15 is 0 Å². The Balaban J connectivity index is 2.85. The standard InChI is InChI=1S/C16H23F2NO4S/c1-4-9-19(10-15(17)18)16(20)12(2)11-24(21,22)14-7-5-13(23-3)6-8-14/h5-8,12,15H,4,9-11H2,1-3H3. The van der Waals surface area contributed by atoms with Gasteiger partial charge in [0, 0.05) is 12.5 Å². The van der Waals surface area contributed by atoms with Crippen LogP contribution in [0.4, 0.5) is 8.78 Å². The molecule has 0 radical (unpaired) electrons. The quantitative estimate of drug-likeness (QED) is 0.677. The van der Waals surface area contributed by atoms with Crippen molar-refractivity contribution in [3.63, 3.8) is 0 Å². The highest BCUT2D eigenvalue weighted by atomic mass is 32.2. The van der Waals surface area contributed by atoms with E-state index in [0.717, 1.165) is 4.90 Å². The fourth-order valence-corrected chi connectivity index (χ4v) is 3.86. The van der Waals surface area contributed by atoms with Gasteiger partial charge in [0.15, 0.2) is 9.84 Å². The van der Waals surface area contributed by atoms with Gasteiger partial charge in [-0.05, 0) is 30.7 Å². The molecule has 0 saturated heterocycles. The predicted molar refractivity (Wildman–Crippen MR) is 87.1 cm³/mol. The molecule has 1 aromatic rings. The third-order valence-corrected chi connectivity index (χ3v) is 5.40. The lowest BCUT2D eigenvalue weighted by Crippen LogP contribution is -2.40. The topological polar surface area (TPSA) is 63.7 Å². The zero-order valence-corrected chi connectivity index (χ0v) is 14.9. The summed E-state index contributed by atoms with van der Waals surface area (Å²) in [6.07, 6.45) is -2.12. The molecule has 0 fully saturated rings. The minimum absolute atomic E-state index is 0.0684. The molecule has 1 unspecified atom stereocenters. The lowest BCUT2D eigenvalue weighted by Gasteiger charge is -2.25. The van der Waals surface area contributed by atoms with Crippen molar-refractivity contribution in [2.45, 2.75) is 31.6 Å². The van der Waals surface area contributed by atoms with Crippen molar-refractivity contribution in [3.8, 4) is 5.75 Å².